The first-order valence-corrected chi connectivity index (χ1v) is 10.2. The van der Waals surface area contributed by atoms with E-state index in [1.807, 2.05) is 31.2 Å². The standard InChI is InChI=1S/C22H16F2N4O2S/c1-13-2-4-14(5-3-13)21-27-22(30-28-21)15-8-9-25-20(10-15)31-12-19(29)26-18-7-6-16(23)11-17(18)24/h2-11H,12H2,1H3,(H,26,29). The number of carbonyl (C=O) groups excluding carboxylic acids is 1. The fourth-order valence-electron chi connectivity index (χ4n) is 2.70. The molecule has 0 aliphatic rings. The molecule has 0 bridgehead atoms. The van der Waals surface area contributed by atoms with Crippen LogP contribution in [-0.4, -0.2) is 26.8 Å². The highest BCUT2D eigenvalue weighted by Crippen LogP contribution is 2.25. The second-order valence-corrected chi connectivity index (χ2v) is 7.63. The van der Waals surface area contributed by atoms with Crippen LogP contribution < -0.4 is 5.32 Å². The number of nitrogens with zero attached hydrogens (tertiary/aromatic N) is 3. The lowest BCUT2D eigenvalue weighted by molar-refractivity contribution is -0.113. The van der Waals surface area contributed by atoms with Crippen molar-refractivity contribution in [3.8, 4) is 22.8 Å². The number of hydrogen-bond donors (Lipinski definition) is 1. The summed E-state index contributed by atoms with van der Waals surface area (Å²) in [6.45, 7) is 2.00. The summed E-state index contributed by atoms with van der Waals surface area (Å²) in [6, 6.07) is 14.2. The number of hydrogen-bond acceptors (Lipinski definition) is 6. The van der Waals surface area contributed by atoms with E-state index in [1.165, 1.54) is 6.07 Å². The summed E-state index contributed by atoms with van der Waals surface area (Å²) < 4.78 is 32.0. The minimum atomic E-state index is -0.834. The molecular weight excluding hydrogens is 422 g/mol. The molecule has 0 unspecified atom stereocenters. The zero-order chi connectivity index (χ0) is 21.8. The van der Waals surface area contributed by atoms with Gasteiger partial charge in [0.1, 0.15) is 11.6 Å². The fraction of sp³-hybridized carbons (Fsp3) is 0.0909. The van der Waals surface area contributed by atoms with Crippen molar-refractivity contribution < 1.29 is 18.1 Å². The van der Waals surface area contributed by atoms with Gasteiger partial charge in [-0.25, -0.2) is 13.8 Å². The molecule has 0 radical (unpaired) electrons. The molecule has 0 aliphatic carbocycles. The summed E-state index contributed by atoms with van der Waals surface area (Å²) in [6.07, 6.45) is 1.57. The molecule has 0 saturated carbocycles. The van der Waals surface area contributed by atoms with E-state index >= 15 is 0 Å². The van der Waals surface area contributed by atoms with Crippen molar-refractivity contribution in [2.45, 2.75) is 11.9 Å². The van der Waals surface area contributed by atoms with E-state index in [9.17, 15) is 13.6 Å². The van der Waals surface area contributed by atoms with Crippen LogP contribution in [0.2, 0.25) is 0 Å². The molecule has 2 heterocycles. The summed E-state index contributed by atoms with van der Waals surface area (Å²) in [5.74, 6) is -1.19. The van der Waals surface area contributed by atoms with Crippen molar-refractivity contribution in [2.75, 3.05) is 11.1 Å². The van der Waals surface area contributed by atoms with Crippen molar-refractivity contribution >= 4 is 23.4 Å². The van der Waals surface area contributed by atoms with Gasteiger partial charge in [-0.3, -0.25) is 4.79 Å². The lowest BCUT2D eigenvalue weighted by Crippen LogP contribution is -2.15. The smallest absolute Gasteiger partial charge is 0.258 e. The third-order valence-electron chi connectivity index (χ3n) is 4.27. The number of thioether (sulfide) groups is 1. The molecule has 2 aromatic carbocycles. The number of carbonyl (C=O) groups is 1. The molecule has 2 aromatic heterocycles. The van der Waals surface area contributed by atoms with Crippen LogP contribution >= 0.6 is 11.8 Å². The number of benzene rings is 2. The zero-order valence-electron chi connectivity index (χ0n) is 16.3. The predicted octanol–water partition coefficient (Wildman–Crippen LogP) is 5.12. The Kier molecular flexibility index (Phi) is 6.03. The second-order valence-electron chi connectivity index (χ2n) is 6.63. The number of rotatable bonds is 6. The Morgan fingerprint density at radius 2 is 1.87 bits per heavy atom. The molecule has 0 spiro atoms. The van der Waals surface area contributed by atoms with Crippen molar-refractivity contribution in [3.05, 3.63) is 78.0 Å². The molecule has 9 heteroatoms. The van der Waals surface area contributed by atoms with Gasteiger partial charge in [-0.2, -0.15) is 4.98 Å². The van der Waals surface area contributed by atoms with Crippen LogP contribution in [0, 0.1) is 18.6 Å². The quantitative estimate of drug-likeness (QED) is 0.421. The molecule has 0 aliphatic heterocycles. The molecule has 6 nitrogen and oxygen atoms in total. The van der Waals surface area contributed by atoms with Crippen molar-refractivity contribution in [1.29, 1.82) is 0 Å². The Bertz CT molecular complexity index is 1230. The van der Waals surface area contributed by atoms with Gasteiger partial charge in [0.15, 0.2) is 0 Å². The molecule has 1 N–H and O–H groups in total. The first kappa shape index (κ1) is 20.7. The van der Waals surface area contributed by atoms with Gasteiger partial charge in [-0.1, -0.05) is 46.7 Å². The highest BCUT2D eigenvalue weighted by atomic mass is 32.2. The summed E-state index contributed by atoms with van der Waals surface area (Å²) in [7, 11) is 0. The van der Waals surface area contributed by atoms with Crippen LogP contribution in [0.25, 0.3) is 22.8 Å². The van der Waals surface area contributed by atoms with E-state index in [4.69, 9.17) is 4.52 Å². The normalized spacial score (nSPS) is 10.8. The molecule has 31 heavy (non-hydrogen) atoms. The number of pyridine rings is 1. The van der Waals surface area contributed by atoms with Crippen molar-refractivity contribution in [1.82, 2.24) is 15.1 Å². The number of aromatic nitrogens is 3. The third kappa shape index (κ3) is 5.13. The zero-order valence-corrected chi connectivity index (χ0v) is 17.1. The number of aryl methyl sites for hydroxylation is 1. The maximum atomic E-state index is 13.7. The average Bonchev–Trinajstić information content (AvgIpc) is 3.25. The van der Waals surface area contributed by atoms with E-state index in [1.54, 1.807) is 18.3 Å². The van der Waals surface area contributed by atoms with E-state index < -0.39 is 17.5 Å². The SMILES string of the molecule is Cc1ccc(-c2noc(-c3ccnc(SCC(=O)Nc4ccc(F)cc4F)c3)n2)cc1. The van der Waals surface area contributed by atoms with Crippen molar-refractivity contribution in [3.63, 3.8) is 0 Å². The topological polar surface area (TPSA) is 80.9 Å². The highest BCUT2D eigenvalue weighted by molar-refractivity contribution is 7.99. The Labute approximate surface area is 180 Å². The third-order valence-corrected chi connectivity index (χ3v) is 5.20. The van der Waals surface area contributed by atoms with Crippen molar-refractivity contribution in [2.24, 2.45) is 0 Å². The van der Waals surface area contributed by atoms with Crippen LogP contribution in [0.1, 0.15) is 5.56 Å². The molecule has 4 rings (SSSR count). The Morgan fingerprint density at radius 1 is 1.06 bits per heavy atom. The maximum absolute atomic E-state index is 13.7. The van der Waals surface area contributed by atoms with E-state index in [0.717, 1.165) is 29.0 Å². The molecule has 4 aromatic rings. The largest absolute Gasteiger partial charge is 0.334 e. The number of nitrogens with one attached hydrogen (secondary N) is 1. The second kappa shape index (κ2) is 9.05. The molecular formula is C22H16F2N4O2S. The van der Waals surface area contributed by atoms with Crippen LogP contribution in [0.5, 0.6) is 0 Å². The van der Waals surface area contributed by atoms with Crippen LogP contribution in [0.4, 0.5) is 14.5 Å². The van der Waals surface area contributed by atoms with Gasteiger partial charge >= 0.3 is 0 Å². The van der Waals surface area contributed by atoms with Crippen LogP contribution in [-0.2, 0) is 4.79 Å². The first-order valence-electron chi connectivity index (χ1n) is 9.23. The summed E-state index contributed by atoms with van der Waals surface area (Å²) in [5.41, 5.74) is 2.56. The average molecular weight is 438 g/mol. The summed E-state index contributed by atoms with van der Waals surface area (Å²) >= 11 is 1.16. The van der Waals surface area contributed by atoms with Crippen LogP contribution in [0.15, 0.2) is 70.3 Å². The Morgan fingerprint density at radius 3 is 2.65 bits per heavy atom. The molecule has 0 fully saturated rings. The highest BCUT2D eigenvalue weighted by Gasteiger charge is 2.13. The lowest BCUT2D eigenvalue weighted by atomic mass is 10.1. The minimum absolute atomic E-state index is 0.00821. The van der Waals surface area contributed by atoms with Gasteiger partial charge in [0.2, 0.25) is 11.7 Å². The fourth-order valence-corrected chi connectivity index (χ4v) is 3.40. The maximum Gasteiger partial charge on any atom is 0.258 e. The van der Waals surface area contributed by atoms with Gasteiger partial charge in [0.25, 0.3) is 5.89 Å². The van der Waals surface area contributed by atoms with Gasteiger partial charge in [-0.15, -0.1) is 0 Å². The Hall–Kier alpha value is -3.59. The van der Waals surface area contributed by atoms with Gasteiger partial charge < -0.3 is 9.84 Å². The molecule has 0 atom stereocenters. The number of amides is 1. The van der Waals surface area contributed by atoms with Crippen LogP contribution in [0.3, 0.4) is 0 Å². The molecule has 1 amide bonds. The summed E-state index contributed by atoms with van der Waals surface area (Å²) in [5, 5.41) is 6.98. The minimum Gasteiger partial charge on any atom is -0.334 e. The first-order chi connectivity index (χ1) is 15.0. The monoisotopic (exact) mass is 438 g/mol. The number of halogens is 2. The number of anilines is 1. The molecule has 0 saturated heterocycles. The van der Waals surface area contributed by atoms with E-state index in [-0.39, 0.29) is 11.4 Å². The van der Waals surface area contributed by atoms with Gasteiger partial charge in [0.05, 0.1) is 16.5 Å². The lowest BCUT2D eigenvalue weighted by Gasteiger charge is -2.06. The predicted molar refractivity (Wildman–Crippen MR) is 113 cm³/mol. The Balaban J connectivity index is 1.41. The molecule has 156 valence electrons. The van der Waals surface area contributed by atoms with E-state index in [0.29, 0.717) is 28.4 Å². The van der Waals surface area contributed by atoms with Gasteiger partial charge in [-0.05, 0) is 31.2 Å². The summed E-state index contributed by atoms with van der Waals surface area (Å²) in [4.78, 5) is 20.7. The van der Waals surface area contributed by atoms with Gasteiger partial charge in [0, 0.05) is 23.4 Å². The van der Waals surface area contributed by atoms with E-state index in [2.05, 4.69) is 20.4 Å².